The molecule has 1 N–H and O–H groups in total. The summed E-state index contributed by atoms with van der Waals surface area (Å²) in [5.41, 5.74) is 7.00. The maximum absolute atomic E-state index is 12.2. The molecular weight excluding hydrogens is 811 g/mol. The molecule has 0 spiro atoms. The van der Waals surface area contributed by atoms with E-state index in [1.807, 2.05) is 78.1 Å². The van der Waals surface area contributed by atoms with Gasteiger partial charge in [-0.3, -0.25) is 9.78 Å². The third kappa shape index (κ3) is 8.08. The standard InChI is InChI=1S/C30H24NO2.C15H28O2.Ir/c1-18-17-31-25(20-13-19-9-5-6-10-21(19)24(14-20)30(2,3)4)15-23(18)27-16-28-29(33-27)22-11-7-8-12-26(22)32-28;1-7-14(5,8-2)12(16)11-13(17)15(6,9-3)10-4;/h5-12,14-17H,1-4H3;11,16H,7-10H2,1-6H3;/q-1;;/b;12-11-;. The molecule has 0 aliphatic carbocycles. The Balaban J connectivity index is 0.000000279. The Morgan fingerprint density at radius 1 is 0.804 bits per heavy atom. The summed E-state index contributed by atoms with van der Waals surface area (Å²) < 4.78 is 12.3. The molecule has 0 saturated heterocycles. The van der Waals surface area contributed by atoms with Gasteiger partial charge >= 0.3 is 0 Å². The van der Waals surface area contributed by atoms with E-state index in [0.29, 0.717) is 0 Å². The molecule has 3 heterocycles. The van der Waals surface area contributed by atoms with Crippen molar-refractivity contribution in [1.82, 2.24) is 4.98 Å². The summed E-state index contributed by atoms with van der Waals surface area (Å²) in [6, 6.07) is 26.3. The maximum Gasteiger partial charge on any atom is 0.181 e. The van der Waals surface area contributed by atoms with E-state index in [-0.39, 0.29) is 47.9 Å². The Hall–Kier alpha value is -3.99. The zero-order valence-corrected chi connectivity index (χ0v) is 34.2. The van der Waals surface area contributed by atoms with Crippen molar-refractivity contribution < 1.29 is 38.8 Å². The summed E-state index contributed by atoms with van der Waals surface area (Å²) >= 11 is 0. The molecule has 0 atom stereocenters. The first-order valence-corrected chi connectivity index (χ1v) is 18.0. The fourth-order valence-corrected chi connectivity index (χ4v) is 6.24. The molecule has 3 aromatic carbocycles. The van der Waals surface area contributed by atoms with E-state index in [1.165, 1.54) is 17.0 Å². The van der Waals surface area contributed by atoms with Gasteiger partial charge in [0.25, 0.3) is 0 Å². The Bertz CT molecular complexity index is 2170. The molecule has 0 aliphatic rings. The summed E-state index contributed by atoms with van der Waals surface area (Å²) in [7, 11) is 0. The largest absolute Gasteiger partial charge is 0.512 e. The molecule has 0 unspecified atom stereocenters. The number of aromatic nitrogens is 1. The van der Waals surface area contributed by atoms with Crippen LogP contribution in [-0.4, -0.2) is 15.9 Å². The van der Waals surface area contributed by atoms with E-state index in [0.717, 1.165) is 81.3 Å². The van der Waals surface area contributed by atoms with Gasteiger partial charge in [-0.25, -0.2) is 0 Å². The van der Waals surface area contributed by atoms with Crippen molar-refractivity contribution in [3.8, 4) is 22.6 Å². The minimum atomic E-state index is -0.337. The Morgan fingerprint density at radius 2 is 1.41 bits per heavy atom. The van der Waals surface area contributed by atoms with Gasteiger partial charge in [-0.1, -0.05) is 110 Å². The number of benzene rings is 3. The number of hydrogen-bond acceptors (Lipinski definition) is 5. The minimum absolute atomic E-state index is 0. The van der Waals surface area contributed by atoms with E-state index in [4.69, 9.17) is 13.8 Å². The Labute approximate surface area is 316 Å². The topological polar surface area (TPSA) is 76.5 Å². The van der Waals surface area contributed by atoms with Gasteiger partial charge in [0.05, 0.1) is 5.39 Å². The van der Waals surface area contributed by atoms with Gasteiger partial charge in [-0.2, -0.15) is 0 Å². The molecule has 0 amide bonds. The van der Waals surface area contributed by atoms with Crippen LogP contribution in [0.25, 0.3) is 55.5 Å². The van der Waals surface area contributed by atoms with Crippen LogP contribution in [0.4, 0.5) is 0 Å². The van der Waals surface area contributed by atoms with Gasteiger partial charge in [0, 0.05) is 60.5 Å². The number of aliphatic hydroxyl groups is 1. The van der Waals surface area contributed by atoms with Crippen LogP contribution in [0.3, 0.4) is 0 Å². The maximum atomic E-state index is 12.2. The fraction of sp³-hybridized carbons (Fsp3) is 0.378. The smallest absolute Gasteiger partial charge is 0.181 e. The van der Waals surface area contributed by atoms with Crippen molar-refractivity contribution >= 4 is 38.7 Å². The van der Waals surface area contributed by atoms with Gasteiger partial charge < -0.3 is 13.9 Å². The predicted molar refractivity (Wildman–Crippen MR) is 208 cm³/mol. The number of furan rings is 2. The molecule has 1 radical (unpaired) electrons. The summed E-state index contributed by atoms with van der Waals surface area (Å²) in [6.45, 7) is 20.9. The molecule has 271 valence electrons. The normalized spacial score (nSPS) is 12.5. The zero-order valence-electron chi connectivity index (χ0n) is 31.8. The first-order valence-electron chi connectivity index (χ1n) is 18.0. The van der Waals surface area contributed by atoms with Gasteiger partial charge in [0.15, 0.2) is 16.9 Å². The Morgan fingerprint density at radius 3 is 2.04 bits per heavy atom. The molecule has 0 bridgehead atoms. The third-order valence-corrected chi connectivity index (χ3v) is 10.9. The van der Waals surface area contributed by atoms with Crippen LogP contribution in [-0.2, 0) is 30.3 Å². The molecule has 51 heavy (non-hydrogen) atoms. The van der Waals surface area contributed by atoms with Crippen LogP contribution < -0.4 is 0 Å². The molecule has 6 heteroatoms. The minimum Gasteiger partial charge on any atom is -0.512 e. The number of hydrogen-bond donors (Lipinski definition) is 1. The number of ketones is 1. The third-order valence-electron chi connectivity index (χ3n) is 10.9. The number of para-hydroxylation sites is 1. The second kappa shape index (κ2) is 15.7. The van der Waals surface area contributed by atoms with Crippen LogP contribution in [0.5, 0.6) is 0 Å². The zero-order chi connectivity index (χ0) is 36.4. The second-order valence-electron chi connectivity index (χ2n) is 15.1. The van der Waals surface area contributed by atoms with Crippen LogP contribution in [0.2, 0.25) is 0 Å². The average molecular weight is 863 g/mol. The van der Waals surface area contributed by atoms with Gasteiger partial charge in [-0.05, 0) is 55.7 Å². The van der Waals surface area contributed by atoms with Crippen LogP contribution in [0.15, 0.2) is 93.6 Å². The number of rotatable bonds is 9. The molecule has 3 aromatic heterocycles. The summed E-state index contributed by atoms with van der Waals surface area (Å²) in [5.74, 6) is 1.07. The van der Waals surface area contributed by atoms with Gasteiger partial charge in [-0.15, -0.1) is 29.1 Å². The van der Waals surface area contributed by atoms with E-state index in [1.54, 1.807) is 0 Å². The van der Waals surface area contributed by atoms with Crippen LogP contribution in [0, 0.1) is 23.8 Å². The molecule has 5 nitrogen and oxygen atoms in total. The van der Waals surface area contributed by atoms with Crippen LogP contribution in [0.1, 0.15) is 99.1 Å². The molecule has 0 saturated carbocycles. The number of fused-ring (bicyclic) bond motifs is 4. The van der Waals surface area contributed by atoms with E-state index < -0.39 is 0 Å². The number of allylic oxidation sites excluding steroid dienone is 2. The number of pyridine rings is 1. The second-order valence-corrected chi connectivity index (χ2v) is 15.1. The predicted octanol–water partition coefficient (Wildman–Crippen LogP) is 13.1. The van der Waals surface area contributed by atoms with Gasteiger partial charge in [0.2, 0.25) is 0 Å². The molecule has 0 fully saturated rings. The van der Waals surface area contributed by atoms with Crippen molar-refractivity contribution in [2.75, 3.05) is 0 Å². The van der Waals surface area contributed by atoms with Crippen molar-refractivity contribution in [2.45, 2.75) is 100 Å². The van der Waals surface area contributed by atoms with Crippen molar-refractivity contribution in [1.29, 1.82) is 0 Å². The van der Waals surface area contributed by atoms with Crippen molar-refractivity contribution in [2.24, 2.45) is 10.8 Å². The van der Waals surface area contributed by atoms with Gasteiger partial charge in [0.1, 0.15) is 17.1 Å². The van der Waals surface area contributed by atoms with E-state index in [2.05, 4.69) is 70.2 Å². The summed E-state index contributed by atoms with van der Waals surface area (Å²) in [4.78, 5) is 16.9. The first kappa shape index (κ1) is 39.8. The molecule has 6 rings (SSSR count). The monoisotopic (exact) mass is 863 g/mol. The number of nitrogens with zero attached hydrogens (tertiary/aromatic N) is 1. The summed E-state index contributed by atoms with van der Waals surface area (Å²) in [6.07, 6.45) is 6.66. The quantitative estimate of drug-likeness (QED) is 0.0890. The molecule has 0 aliphatic heterocycles. The van der Waals surface area contributed by atoms with E-state index in [9.17, 15) is 9.90 Å². The Kier molecular flexibility index (Phi) is 12.3. The summed E-state index contributed by atoms with van der Waals surface area (Å²) in [5, 5.41) is 13.5. The number of carbonyl (C=O) groups is 1. The van der Waals surface area contributed by atoms with Crippen molar-refractivity contribution in [3.63, 3.8) is 0 Å². The van der Waals surface area contributed by atoms with Crippen molar-refractivity contribution in [3.05, 3.63) is 102 Å². The number of carbonyl (C=O) groups excluding carboxylic acids is 1. The fourth-order valence-electron chi connectivity index (χ4n) is 6.24. The van der Waals surface area contributed by atoms with Crippen LogP contribution >= 0.6 is 0 Å². The molecular formula is C45H52IrNO4-. The first-order chi connectivity index (χ1) is 23.7. The number of aryl methyl sites for hydroxylation is 1. The SMILES string of the molecule is CCC(C)(CC)C(=O)/C=C(\O)C(C)(CC)CC.Cc1cnc(-c2[c-]c3ccccc3c(C(C)(C)C)c2)cc1-c1cc2oc3ccccc3c2o1.[Ir]. The van der Waals surface area contributed by atoms with E-state index >= 15 is 0 Å². The number of aliphatic hydroxyl groups excluding tert-OH is 1. The average Bonchev–Trinajstić information content (AvgIpc) is 3.68. The molecule has 6 aromatic rings.